The maximum Gasteiger partial charge on any atom is 0.261 e. The van der Waals surface area contributed by atoms with Gasteiger partial charge in [0, 0.05) is 29.3 Å². The van der Waals surface area contributed by atoms with Crippen LogP contribution >= 0.6 is 0 Å². The van der Waals surface area contributed by atoms with Crippen LogP contribution in [0.1, 0.15) is 28.7 Å². The summed E-state index contributed by atoms with van der Waals surface area (Å²) in [6.45, 7) is 6.66. The Hall–Kier alpha value is -3.13. The molecule has 0 radical (unpaired) electrons. The van der Waals surface area contributed by atoms with Gasteiger partial charge in [-0.2, -0.15) is 0 Å². The fraction of sp³-hybridized carbons (Fsp3) is 0.190. The average molecular weight is 415 g/mol. The summed E-state index contributed by atoms with van der Waals surface area (Å²) in [5, 5.41) is 2.82. The quantitative estimate of drug-likeness (QED) is 0.629. The van der Waals surface area contributed by atoms with E-state index in [-0.39, 0.29) is 10.8 Å². The largest absolute Gasteiger partial charge is 0.349 e. The van der Waals surface area contributed by atoms with Crippen molar-refractivity contribution in [3.8, 4) is 0 Å². The van der Waals surface area contributed by atoms with E-state index in [4.69, 9.17) is 0 Å². The van der Waals surface area contributed by atoms with Crippen LogP contribution in [0.15, 0.2) is 59.5 Å². The summed E-state index contributed by atoms with van der Waals surface area (Å²) in [7, 11) is -3.83. The van der Waals surface area contributed by atoms with Crippen LogP contribution in [-0.2, 0) is 16.6 Å². The van der Waals surface area contributed by atoms with Gasteiger partial charge in [-0.3, -0.25) is 9.52 Å². The van der Waals surface area contributed by atoms with E-state index in [9.17, 15) is 17.6 Å². The molecular formula is C21H22FN3O3S. The first-order chi connectivity index (χ1) is 13.7. The number of hydrogen-bond donors (Lipinski definition) is 2. The van der Waals surface area contributed by atoms with E-state index >= 15 is 0 Å². The zero-order valence-electron chi connectivity index (χ0n) is 16.4. The van der Waals surface area contributed by atoms with Crippen LogP contribution in [0.5, 0.6) is 0 Å². The predicted octanol–water partition coefficient (Wildman–Crippen LogP) is 4.32. The van der Waals surface area contributed by atoms with Crippen molar-refractivity contribution in [2.45, 2.75) is 32.2 Å². The molecule has 1 heterocycles. The van der Waals surface area contributed by atoms with E-state index in [0.717, 1.165) is 30.1 Å². The minimum Gasteiger partial charge on any atom is -0.349 e. The normalized spacial score (nSPS) is 11.3. The summed E-state index contributed by atoms with van der Waals surface area (Å²) in [4.78, 5) is 12.5. The Kier molecular flexibility index (Phi) is 5.74. The zero-order chi connectivity index (χ0) is 21.2. The Morgan fingerprint density at radius 2 is 1.59 bits per heavy atom. The molecule has 0 saturated heterocycles. The Labute approximate surface area is 169 Å². The molecule has 3 rings (SSSR count). The van der Waals surface area contributed by atoms with Crippen LogP contribution in [0.25, 0.3) is 0 Å². The van der Waals surface area contributed by atoms with Crippen molar-refractivity contribution in [3.63, 3.8) is 0 Å². The Morgan fingerprint density at radius 3 is 2.14 bits per heavy atom. The van der Waals surface area contributed by atoms with Crippen molar-refractivity contribution in [1.82, 2.24) is 4.57 Å². The number of amides is 1. The lowest BCUT2D eigenvalue weighted by molar-refractivity contribution is 0.102. The van der Waals surface area contributed by atoms with Crippen molar-refractivity contribution >= 4 is 27.3 Å². The third-order valence-corrected chi connectivity index (χ3v) is 6.05. The molecule has 8 heteroatoms. The van der Waals surface area contributed by atoms with Crippen LogP contribution in [0.3, 0.4) is 0 Å². The van der Waals surface area contributed by atoms with E-state index < -0.39 is 15.8 Å². The van der Waals surface area contributed by atoms with Crippen molar-refractivity contribution in [2.24, 2.45) is 0 Å². The summed E-state index contributed by atoms with van der Waals surface area (Å²) in [5.74, 6) is -0.735. The van der Waals surface area contributed by atoms with Crippen molar-refractivity contribution < 1.29 is 17.6 Å². The van der Waals surface area contributed by atoms with Crippen LogP contribution in [0.2, 0.25) is 0 Å². The lowest BCUT2D eigenvalue weighted by atomic mass is 10.2. The highest BCUT2D eigenvalue weighted by atomic mass is 32.2. The molecule has 6 nitrogen and oxygen atoms in total. The summed E-state index contributed by atoms with van der Waals surface area (Å²) in [5.41, 5.74) is 3.38. The van der Waals surface area contributed by atoms with Gasteiger partial charge in [0.1, 0.15) is 5.82 Å². The van der Waals surface area contributed by atoms with E-state index in [1.807, 2.05) is 26.8 Å². The molecular weight excluding hydrogens is 393 g/mol. The standard InChI is InChI=1S/C21H22FN3O3S/c1-4-25-14(2)13-20(15(25)3)21(26)23-17-7-9-18(10-8-17)24-29(27,28)19-11-5-16(22)6-12-19/h5-13,24H,4H2,1-3H3,(H,23,26). The molecule has 3 aromatic rings. The number of nitrogens with one attached hydrogen (secondary N) is 2. The van der Waals surface area contributed by atoms with Gasteiger partial charge in [0.05, 0.1) is 10.5 Å². The molecule has 29 heavy (non-hydrogen) atoms. The van der Waals surface area contributed by atoms with Gasteiger partial charge in [-0.15, -0.1) is 0 Å². The lowest BCUT2D eigenvalue weighted by Crippen LogP contribution is -2.14. The third-order valence-electron chi connectivity index (χ3n) is 4.65. The number of benzene rings is 2. The number of aromatic nitrogens is 1. The monoisotopic (exact) mass is 415 g/mol. The maximum absolute atomic E-state index is 13.0. The zero-order valence-corrected chi connectivity index (χ0v) is 17.2. The first-order valence-electron chi connectivity index (χ1n) is 9.08. The van der Waals surface area contributed by atoms with Gasteiger partial charge < -0.3 is 9.88 Å². The number of hydrogen-bond acceptors (Lipinski definition) is 3. The lowest BCUT2D eigenvalue weighted by Gasteiger charge is -2.10. The molecule has 0 unspecified atom stereocenters. The molecule has 1 amide bonds. The third kappa shape index (κ3) is 4.48. The van der Waals surface area contributed by atoms with Crippen LogP contribution in [-0.4, -0.2) is 18.9 Å². The molecule has 0 fully saturated rings. The molecule has 0 aliphatic carbocycles. The molecule has 0 atom stereocenters. The van der Waals surface area contributed by atoms with Gasteiger partial charge in [0.25, 0.3) is 15.9 Å². The molecule has 0 saturated carbocycles. The van der Waals surface area contributed by atoms with Gasteiger partial charge >= 0.3 is 0 Å². The number of sulfonamides is 1. The number of rotatable bonds is 6. The second kappa shape index (κ2) is 8.08. The SMILES string of the molecule is CCn1c(C)cc(C(=O)Nc2ccc(NS(=O)(=O)c3ccc(F)cc3)cc2)c1C. The number of carbonyl (C=O) groups is 1. The minimum absolute atomic E-state index is 0.0393. The fourth-order valence-corrected chi connectivity index (χ4v) is 4.22. The molecule has 1 aromatic heterocycles. The molecule has 2 aromatic carbocycles. The predicted molar refractivity (Wildman–Crippen MR) is 111 cm³/mol. The highest BCUT2D eigenvalue weighted by molar-refractivity contribution is 7.92. The first-order valence-corrected chi connectivity index (χ1v) is 10.6. The average Bonchev–Trinajstić information content (AvgIpc) is 2.97. The van der Waals surface area contributed by atoms with E-state index in [1.165, 1.54) is 12.1 Å². The molecule has 0 bridgehead atoms. The molecule has 0 aliphatic rings. The topological polar surface area (TPSA) is 80.2 Å². The van der Waals surface area contributed by atoms with Gasteiger partial charge in [0.2, 0.25) is 0 Å². The molecule has 152 valence electrons. The summed E-state index contributed by atoms with van der Waals surface area (Å²) in [6.07, 6.45) is 0. The van der Waals surface area contributed by atoms with Gasteiger partial charge in [0.15, 0.2) is 0 Å². The van der Waals surface area contributed by atoms with E-state index in [1.54, 1.807) is 24.3 Å². The number of anilines is 2. The van der Waals surface area contributed by atoms with Gasteiger partial charge in [-0.25, -0.2) is 12.8 Å². The van der Waals surface area contributed by atoms with Crippen molar-refractivity contribution in [1.29, 1.82) is 0 Å². The second-order valence-electron chi connectivity index (χ2n) is 6.62. The summed E-state index contributed by atoms with van der Waals surface area (Å²) in [6, 6.07) is 12.7. The number of aryl methyl sites for hydroxylation is 1. The van der Waals surface area contributed by atoms with Crippen molar-refractivity contribution in [2.75, 3.05) is 10.0 Å². The Balaban J connectivity index is 1.72. The number of nitrogens with zero attached hydrogens (tertiary/aromatic N) is 1. The van der Waals surface area contributed by atoms with Gasteiger partial charge in [-0.1, -0.05) is 0 Å². The molecule has 0 spiro atoms. The summed E-state index contributed by atoms with van der Waals surface area (Å²) < 4.78 is 42.2. The Morgan fingerprint density at radius 1 is 1.00 bits per heavy atom. The number of halogens is 1. The number of carbonyl (C=O) groups excluding carboxylic acids is 1. The molecule has 2 N–H and O–H groups in total. The van der Waals surface area contributed by atoms with Crippen LogP contribution in [0.4, 0.5) is 15.8 Å². The highest BCUT2D eigenvalue weighted by Crippen LogP contribution is 2.21. The maximum atomic E-state index is 13.0. The first kappa shape index (κ1) is 20.6. The highest BCUT2D eigenvalue weighted by Gasteiger charge is 2.16. The Bertz CT molecular complexity index is 1140. The van der Waals surface area contributed by atoms with Crippen LogP contribution < -0.4 is 10.0 Å². The smallest absolute Gasteiger partial charge is 0.261 e. The van der Waals surface area contributed by atoms with Gasteiger partial charge in [-0.05, 0) is 75.4 Å². The fourth-order valence-electron chi connectivity index (χ4n) is 3.17. The van der Waals surface area contributed by atoms with Crippen LogP contribution in [0, 0.1) is 19.7 Å². The molecule has 0 aliphatic heterocycles. The minimum atomic E-state index is -3.83. The van der Waals surface area contributed by atoms with Crippen molar-refractivity contribution in [3.05, 3.63) is 77.4 Å². The van der Waals surface area contributed by atoms with E-state index in [2.05, 4.69) is 14.6 Å². The van der Waals surface area contributed by atoms with E-state index in [0.29, 0.717) is 16.9 Å². The summed E-state index contributed by atoms with van der Waals surface area (Å²) >= 11 is 0. The second-order valence-corrected chi connectivity index (χ2v) is 8.30.